The summed E-state index contributed by atoms with van der Waals surface area (Å²) in [5.41, 5.74) is 2.35. The van der Waals surface area contributed by atoms with Crippen molar-refractivity contribution in [2.24, 2.45) is 0 Å². The maximum absolute atomic E-state index is 13.4. The Balaban J connectivity index is 2.04. The Bertz CT molecular complexity index is 1140. The normalized spacial score (nSPS) is 16.8. The van der Waals surface area contributed by atoms with Crippen LogP contribution >= 0.6 is 0 Å². The predicted molar refractivity (Wildman–Crippen MR) is 155 cm³/mol. The number of hydrogen-bond acceptors (Lipinski definition) is 6. The first-order chi connectivity index (χ1) is 18.9. The standard InChI is InChI=1S/C32H44N2O5/c1-6-10-11-21-39-26-18-17-25(22-27(26)38-9-4)29-28(30(35)24-15-13-23(5)14-16-24)31(36)32(37)34(29)20-12-19-33(7-2)8-3/h13-18,22,29,35H,6-12,19-21H2,1-5H3. The molecule has 0 spiro atoms. The molecule has 0 aliphatic carbocycles. The maximum Gasteiger partial charge on any atom is 0.295 e. The third kappa shape index (κ3) is 7.41. The molecule has 3 rings (SSSR count). The summed E-state index contributed by atoms with van der Waals surface area (Å²) in [6.45, 7) is 14.3. The number of ketones is 1. The minimum atomic E-state index is -0.726. The van der Waals surface area contributed by atoms with Crippen LogP contribution in [0.1, 0.15) is 76.1 Å². The van der Waals surface area contributed by atoms with E-state index in [1.54, 1.807) is 17.0 Å². The molecule has 0 bridgehead atoms. The summed E-state index contributed by atoms with van der Waals surface area (Å²) in [6.07, 6.45) is 3.86. The number of likely N-dealkylation sites (tertiary alicyclic amines) is 1. The molecule has 1 heterocycles. The van der Waals surface area contributed by atoms with Crippen LogP contribution in [-0.4, -0.2) is 66.0 Å². The number of Topliss-reactive ketones (excluding diaryl/α,β-unsaturated/α-hetero) is 1. The number of nitrogens with zero attached hydrogens (tertiary/aromatic N) is 2. The molecule has 1 unspecified atom stereocenters. The first-order valence-electron chi connectivity index (χ1n) is 14.3. The molecule has 0 aromatic heterocycles. The fourth-order valence-electron chi connectivity index (χ4n) is 4.95. The third-order valence-corrected chi connectivity index (χ3v) is 7.22. The molecule has 1 aliphatic rings. The maximum atomic E-state index is 13.4. The Hall–Kier alpha value is -3.32. The van der Waals surface area contributed by atoms with Gasteiger partial charge in [-0.3, -0.25) is 9.59 Å². The van der Waals surface area contributed by atoms with Gasteiger partial charge in [0.2, 0.25) is 0 Å². The summed E-state index contributed by atoms with van der Waals surface area (Å²) < 4.78 is 11.9. The van der Waals surface area contributed by atoms with Crippen LogP contribution in [0.4, 0.5) is 0 Å². The van der Waals surface area contributed by atoms with Crippen LogP contribution in [0, 0.1) is 6.92 Å². The number of ether oxygens (including phenoxy) is 2. The van der Waals surface area contributed by atoms with Gasteiger partial charge < -0.3 is 24.4 Å². The Morgan fingerprint density at radius 2 is 1.64 bits per heavy atom. The van der Waals surface area contributed by atoms with Gasteiger partial charge in [0.05, 0.1) is 24.8 Å². The number of hydrogen-bond donors (Lipinski definition) is 1. The highest BCUT2D eigenvalue weighted by Gasteiger charge is 2.46. The largest absolute Gasteiger partial charge is 0.507 e. The molecule has 1 fully saturated rings. The van der Waals surface area contributed by atoms with Gasteiger partial charge >= 0.3 is 0 Å². The van der Waals surface area contributed by atoms with Crippen LogP contribution < -0.4 is 9.47 Å². The molecule has 1 atom stereocenters. The lowest BCUT2D eigenvalue weighted by molar-refractivity contribution is -0.140. The Morgan fingerprint density at radius 1 is 0.923 bits per heavy atom. The van der Waals surface area contributed by atoms with Gasteiger partial charge in [-0.15, -0.1) is 0 Å². The molecular weight excluding hydrogens is 492 g/mol. The zero-order valence-corrected chi connectivity index (χ0v) is 24.2. The summed E-state index contributed by atoms with van der Waals surface area (Å²) in [5.74, 6) is -0.225. The molecule has 2 aromatic rings. The number of aliphatic hydroxyl groups is 1. The minimum absolute atomic E-state index is 0.103. The molecule has 7 heteroatoms. The van der Waals surface area contributed by atoms with Gasteiger partial charge in [0.1, 0.15) is 5.76 Å². The smallest absolute Gasteiger partial charge is 0.295 e. The average Bonchev–Trinajstić information content (AvgIpc) is 3.19. The molecule has 39 heavy (non-hydrogen) atoms. The van der Waals surface area contributed by atoms with Crippen molar-refractivity contribution >= 4 is 17.4 Å². The number of aryl methyl sites for hydroxylation is 1. The van der Waals surface area contributed by atoms with Gasteiger partial charge in [-0.05, 0) is 64.0 Å². The molecule has 1 aliphatic heterocycles. The zero-order valence-electron chi connectivity index (χ0n) is 24.2. The molecule has 7 nitrogen and oxygen atoms in total. The lowest BCUT2D eigenvalue weighted by Gasteiger charge is -2.27. The molecule has 0 saturated carbocycles. The van der Waals surface area contributed by atoms with Gasteiger partial charge in [0, 0.05) is 12.1 Å². The van der Waals surface area contributed by atoms with Crippen molar-refractivity contribution in [3.05, 3.63) is 64.7 Å². The van der Waals surface area contributed by atoms with E-state index in [0.717, 1.165) is 44.5 Å². The van der Waals surface area contributed by atoms with Crippen LogP contribution in [0.3, 0.4) is 0 Å². The summed E-state index contributed by atoms with van der Waals surface area (Å²) in [6, 6.07) is 12.1. The zero-order chi connectivity index (χ0) is 28.4. The number of unbranched alkanes of at least 4 members (excludes halogenated alkanes) is 2. The van der Waals surface area contributed by atoms with Crippen LogP contribution in [-0.2, 0) is 9.59 Å². The van der Waals surface area contributed by atoms with Crippen molar-refractivity contribution in [2.75, 3.05) is 39.4 Å². The van der Waals surface area contributed by atoms with Gasteiger partial charge in [0.25, 0.3) is 11.7 Å². The Morgan fingerprint density at radius 3 is 2.28 bits per heavy atom. The molecule has 212 valence electrons. The highest BCUT2D eigenvalue weighted by molar-refractivity contribution is 6.46. The molecule has 0 radical (unpaired) electrons. The van der Waals surface area contributed by atoms with Crippen molar-refractivity contribution in [3.8, 4) is 11.5 Å². The molecule has 1 amide bonds. The van der Waals surface area contributed by atoms with Crippen LogP contribution in [0.5, 0.6) is 11.5 Å². The second-order valence-corrected chi connectivity index (χ2v) is 9.93. The average molecular weight is 537 g/mol. The first kappa shape index (κ1) is 30.2. The summed E-state index contributed by atoms with van der Waals surface area (Å²) >= 11 is 0. The molecule has 1 saturated heterocycles. The van der Waals surface area contributed by atoms with Crippen molar-refractivity contribution < 1.29 is 24.2 Å². The van der Waals surface area contributed by atoms with E-state index >= 15 is 0 Å². The van der Waals surface area contributed by atoms with Crippen molar-refractivity contribution in [1.29, 1.82) is 0 Å². The number of amides is 1. The Kier molecular flexibility index (Phi) is 11.4. The fourth-order valence-corrected chi connectivity index (χ4v) is 4.95. The minimum Gasteiger partial charge on any atom is -0.507 e. The second-order valence-electron chi connectivity index (χ2n) is 9.93. The van der Waals surface area contributed by atoms with Gasteiger partial charge in [-0.1, -0.05) is 69.5 Å². The van der Waals surface area contributed by atoms with E-state index in [1.807, 2.05) is 44.2 Å². The van der Waals surface area contributed by atoms with E-state index in [1.165, 1.54) is 0 Å². The molecular formula is C32H44N2O5. The van der Waals surface area contributed by atoms with Crippen LogP contribution in [0.25, 0.3) is 5.76 Å². The number of carbonyl (C=O) groups excluding carboxylic acids is 2. The van der Waals surface area contributed by atoms with E-state index in [-0.39, 0.29) is 11.3 Å². The van der Waals surface area contributed by atoms with E-state index in [4.69, 9.17) is 9.47 Å². The van der Waals surface area contributed by atoms with Crippen LogP contribution in [0.15, 0.2) is 48.0 Å². The fraction of sp³-hybridized carbons (Fsp3) is 0.500. The van der Waals surface area contributed by atoms with E-state index in [2.05, 4.69) is 25.7 Å². The quantitative estimate of drug-likeness (QED) is 0.128. The monoisotopic (exact) mass is 536 g/mol. The first-order valence-corrected chi connectivity index (χ1v) is 14.3. The highest BCUT2D eigenvalue weighted by Crippen LogP contribution is 2.42. The lowest BCUT2D eigenvalue weighted by Crippen LogP contribution is -2.33. The van der Waals surface area contributed by atoms with E-state index in [0.29, 0.717) is 48.8 Å². The van der Waals surface area contributed by atoms with Gasteiger partial charge in [0.15, 0.2) is 11.5 Å². The number of carbonyl (C=O) groups is 2. The molecule has 1 N–H and O–H groups in total. The second kappa shape index (κ2) is 14.7. The highest BCUT2D eigenvalue weighted by atomic mass is 16.5. The van der Waals surface area contributed by atoms with Gasteiger partial charge in [-0.2, -0.15) is 0 Å². The van der Waals surface area contributed by atoms with Crippen molar-refractivity contribution in [3.63, 3.8) is 0 Å². The number of aliphatic hydroxyl groups excluding tert-OH is 1. The summed E-state index contributed by atoms with van der Waals surface area (Å²) in [7, 11) is 0. The number of rotatable bonds is 15. The Labute approximate surface area is 233 Å². The number of benzene rings is 2. The predicted octanol–water partition coefficient (Wildman–Crippen LogP) is 6.12. The van der Waals surface area contributed by atoms with Crippen LogP contribution in [0.2, 0.25) is 0 Å². The molecule has 2 aromatic carbocycles. The third-order valence-electron chi connectivity index (χ3n) is 7.22. The summed E-state index contributed by atoms with van der Waals surface area (Å²) in [5, 5.41) is 11.3. The van der Waals surface area contributed by atoms with Gasteiger partial charge in [-0.25, -0.2) is 0 Å². The lowest BCUT2D eigenvalue weighted by atomic mass is 9.94. The van der Waals surface area contributed by atoms with Crippen molar-refractivity contribution in [1.82, 2.24) is 9.80 Å². The van der Waals surface area contributed by atoms with Crippen molar-refractivity contribution in [2.45, 2.75) is 66.3 Å². The van der Waals surface area contributed by atoms with E-state index in [9.17, 15) is 14.7 Å². The van der Waals surface area contributed by atoms with E-state index < -0.39 is 17.7 Å². The SMILES string of the molecule is CCCCCOc1ccc(C2C(=C(O)c3ccc(C)cc3)C(=O)C(=O)N2CCCN(CC)CC)cc1OCC. The topological polar surface area (TPSA) is 79.3 Å². The summed E-state index contributed by atoms with van der Waals surface area (Å²) in [4.78, 5) is 30.6.